The minimum absolute atomic E-state index is 0.217. The lowest BCUT2D eigenvalue weighted by Crippen LogP contribution is -2.10. The summed E-state index contributed by atoms with van der Waals surface area (Å²) in [5.74, 6) is -0.143. The van der Waals surface area contributed by atoms with Crippen molar-refractivity contribution in [1.82, 2.24) is 4.98 Å². The van der Waals surface area contributed by atoms with Gasteiger partial charge in [-0.05, 0) is 52.5 Å². The van der Waals surface area contributed by atoms with Crippen molar-refractivity contribution < 1.29 is 13.6 Å². The van der Waals surface area contributed by atoms with Crippen LogP contribution in [-0.4, -0.2) is 19.7 Å². The van der Waals surface area contributed by atoms with Gasteiger partial charge in [0.25, 0.3) is 0 Å². The number of hydrogen-bond donors (Lipinski definition) is 2. The van der Waals surface area contributed by atoms with Crippen molar-refractivity contribution in [3.05, 3.63) is 66.4 Å². The first-order valence-electron chi connectivity index (χ1n) is 7.31. The first-order valence-corrected chi connectivity index (χ1v) is 8.38. The van der Waals surface area contributed by atoms with Crippen molar-refractivity contribution >= 4 is 22.8 Å². The van der Waals surface area contributed by atoms with Crippen LogP contribution in [0.15, 0.2) is 65.7 Å². The minimum atomic E-state index is -2.26. The average Bonchev–Trinajstić information content (AvgIpc) is 2.62. The van der Waals surface area contributed by atoms with Crippen LogP contribution in [-0.2, 0) is 11.1 Å². The number of nitrogens with zero attached hydrogens (tertiary/aromatic N) is 1. The Labute approximate surface area is 146 Å². The van der Waals surface area contributed by atoms with E-state index in [0.717, 1.165) is 16.7 Å². The SMILES string of the molecule is NC(=O)c1ccc(-c2cc(-c3ccc(S(=O)[O-])cc3)cnc2N)cc1. The van der Waals surface area contributed by atoms with Gasteiger partial charge in [0.15, 0.2) is 0 Å². The summed E-state index contributed by atoms with van der Waals surface area (Å²) in [5, 5.41) is 0. The quantitative estimate of drug-likeness (QED) is 0.698. The summed E-state index contributed by atoms with van der Waals surface area (Å²) in [5.41, 5.74) is 14.8. The third kappa shape index (κ3) is 3.57. The summed E-state index contributed by atoms with van der Waals surface area (Å²) in [7, 11) is 0. The van der Waals surface area contributed by atoms with Crippen LogP contribution >= 0.6 is 0 Å². The van der Waals surface area contributed by atoms with Crippen molar-refractivity contribution in [2.45, 2.75) is 4.90 Å². The molecule has 3 aromatic rings. The van der Waals surface area contributed by atoms with Crippen molar-refractivity contribution in [3.8, 4) is 22.3 Å². The van der Waals surface area contributed by atoms with Crippen LogP contribution in [0.2, 0.25) is 0 Å². The number of benzene rings is 2. The van der Waals surface area contributed by atoms with Crippen molar-refractivity contribution in [3.63, 3.8) is 0 Å². The van der Waals surface area contributed by atoms with E-state index in [-0.39, 0.29) is 4.90 Å². The van der Waals surface area contributed by atoms with Gasteiger partial charge in [0.2, 0.25) is 5.91 Å². The van der Waals surface area contributed by atoms with Gasteiger partial charge in [0.1, 0.15) is 5.82 Å². The van der Waals surface area contributed by atoms with E-state index >= 15 is 0 Å². The molecule has 0 bridgehead atoms. The van der Waals surface area contributed by atoms with Crippen LogP contribution in [0.5, 0.6) is 0 Å². The highest BCUT2D eigenvalue weighted by Crippen LogP contribution is 2.30. The van der Waals surface area contributed by atoms with Gasteiger partial charge < -0.3 is 16.0 Å². The molecule has 4 N–H and O–H groups in total. The predicted octanol–water partition coefficient (Wildman–Crippen LogP) is 2.33. The van der Waals surface area contributed by atoms with E-state index in [0.29, 0.717) is 16.9 Å². The van der Waals surface area contributed by atoms with E-state index in [1.807, 2.05) is 6.07 Å². The van der Waals surface area contributed by atoms with Gasteiger partial charge in [-0.2, -0.15) is 0 Å². The monoisotopic (exact) mass is 352 g/mol. The van der Waals surface area contributed by atoms with Gasteiger partial charge in [-0.1, -0.05) is 24.3 Å². The van der Waals surface area contributed by atoms with E-state index < -0.39 is 17.0 Å². The molecular formula is C18H14N3O3S-. The standard InChI is InChI=1S/C18H15N3O3S/c19-17-16(12-1-3-13(4-2-12)18(20)22)9-14(10-21-17)11-5-7-15(8-6-11)25(23)24/h1-10H,(H2,19,21)(H2,20,22)(H,23,24)/p-1. The molecule has 1 heterocycles. The molecule has 0 aliphatic rings. The zero-order chi connectivity index (χ0) is 18.0. The summed E-state index contributed by atoms with van der Waals surface area (Å²) >= 11 is -2.26. The lowest BCUT2D eigenvalue weighted by atomic mass is 10.00. The van der Waals surface area contributed by atoms with Gasteiger partial charge in [-0.25, -0.2) is 4.98 Å². The highest BCUT2D eigenvalue weighted by Gasteiger charge is 2.08. The molecule has 25 heavy (non-hydrogen) atoms. The zero-order valence-corrected chi connectivity index (χ0v) is 13.8. The first kappa shape index (κ1) is 16.8. The summed E-state index contributed by atoms with van der Waals surface area (Å²) in [6, 6.07) is 15.1. The van der Waals surface area contributed by atoms with Gasteiger partial charge in [-0.15, -0.1) is 0 Å². The van der Waals surface area contributed by atoms with Crippen molar-refractivity contribution in [2.75, 3.05) is 5.73 Å². The smallest absolute Gasteiger partial charge is 0.248 e. The van der Waals surface area contributed by atoms with E-state index in [1.54, 1.807) is 42.6 Å². The van der Waals surface area contributed by atoms with Gasteiger partial charge in [-0.3, -0.25) is 9.00 Å². The molecule has 2 aromatic carbocycles. The largest absolute Gasteiger partial charge is 0.768 e. The molecule has 126 valence electrons. The second-order valence-corrected chi connectivity index (χ2v) is 6.30. The van der Waals surface area contributed by atoms with Crippen LogP contribution < -0.4 is 11.5 Å². The number of carbonyl (C=O) groups excluding carboxylic acids is 1. The fraction of sp³-hybridized carbons (Fsp3) is 0. The van der Waals surface area contributed by atoms with E-state index in [4.69, 9.17) is 11.5 Å². The van der Waals surface area contributed by atoms with Gasteiger partial charge in [0.05, 0.1) is 0 Å². The summed E-state index contributed by atoms with van der Waals surface area (Å²) in [4.78, 5) is 15.6. The molecule has 0 spiro atoms. The van der Waals surface area contributed by atoms with E-state index in [2.05, 4.69) is 4.98 Å². The number of carbonyl (C=O) groups is 1. The Morgan fingerprint density at radius 3 is 2.12 bits per heavy atom. The highest BCUT2D eigenvalue weighted by molar-refractivity contribution is 7.79. The number of aromatic nitrogens is 1. The molecule has 6 nitrogen and oxygen atoms in total. The molecule has 3 rings (SSSR count). The van der Waals surface area contributed by atoms with Crippen LogP contribution in [0.4, 0.5) is 5.82 Å². The second kappa shape index (κ2) is 6.84. The summed E-state index contributed by atoms with van der Waals surface area (Å²) < 4.78 is 21.9. The summed E-state index contributed by atoms with van der Waals surface area (Å²) in [6.45, 7) is 0. The second-order valence-electron chi connectivity index (χ2n) is 5.36. The first-order chi connectivity index (χ1) is 12.0. The maximum atomic E-state index is 11.2. The molecule has 7 heteroatoms. The van der Waals surface area contributed by atoms with Crippen molar-refractivity contribution in [2.24, 2.45) is 5.73 Å². The topological polar surface area (TPSA) is 122 Å². The fourth-order valence-corrected chi connectivity index (χ4v) is 2.80. The van der Waals surface area contributed by atoms with Crippen LogP contribution in [0, 0.1) is 0 Å². The third-order valence-corrected chi connectivity index (χ3v) is 4.44. The highest BCUT2D eigenvalue weighted by atomic mass is 32.2. The van der Waals surface area contributed by atoms with Gasteiger partial charge >= 0.3 is 0 Å². The fourth-order valence-electron chi connectivity index (χ4n) is 2.44. The Balaban J connectivity index is 2.00. The lowest BCUT2D eigenvalue weighted by Gasteiger charge is -2.10. The normalized spacial score (nSPS) is 11.9. The zero-order valence-electron chi connectivity index (χ0n) is 13.0. The number of nitrogens with two attached hydrogens (primary N) is 2. The Morgan fingerprint density at radius 1 is 0.960 bits per heavy atom. The lowest BCUT2D eigenvalue weighted by molar-refractivity contribution is 0.100. The predicted molar refractivity (Wildman–Crippen MR) is 95.2 cm³/mol. The van der Waals surface area contributed by atoms with Crippen LogP contribution in [0.25, 0.3) is 22.3 Å². The number of rotatable bonds is 4. The van der Waals surface area contributed by atoms with Gasteiger partial charge in [0, 0.05) is 27.8 Å². The average molecular weight is 352 g/mol. The molecule has 1 aromatic heterocycles. The third-order valence-electron chi connectivity index (χ3n) is 3.78. The number of hydrogen-bond acceptors (Lipinski definition) is 5. The molecule has 0 saturated carbocycles. The maximum Gasteiger partial charge on any atom is 0.248 e. The van der Waals surface area contributed by atoms with E-state index in [1.165, 1.54) is 12.1 Å². The Bertz CT molecular complexity index is 954. The number of nitrogen functional groups attached to an aromatic ring is 1. The Kier molecular flexibility index (Phi) is 4.60. The molecule has 1 atom stereocenters. The molecular weight excluding hydrogens is 338 g/mol. The minimum Gasteiger partial charge on any atom is -0.768 e. The van der Waals surface area contributed by atoms with Crippen molar-refractivity contribution in [1.29, 1.82) is 0 Å². The molecule has 0 aliphatic heterocycles. The number of amides is 1. The van der Waals surface area contributed by atoms with Crippen LogP contribution in [0.1, 0.15) is 10.4 Å². The molecule has 0 fully saturated rings. The van der Waals surface area contributed by atoms with E-state index in [9.17, 15) is 13.6 Å². The Morgan fingerprint density at radius 2 is 1.56 bits per heavy atom. The summed E-state index contributed by atoms with van der Waals surface area (Å²) in [6.07, 6.45) is 1.62. The number of primary amides is 1. The molecule has 0 aliphatic carbocycles. The maximum absolute atomic E-state index is 11.2. The Hall–Kier alpha value is -3.03. The number of anilines is 1. The molecule has 0 radical (unpaired) electrons. The molecule has 0 saturated heterocycles. The number of pyridine rings is 1. The van der Waals surface area contributed by atoms with Crippen LogP contribution in [0.3, 0.4) is 0 Å². The molecule has 1 amide bonds. The molecule has 1 unspecified atom stereocenters.